The van der Waals surface area contributed by atoms with Gasteiger partial charge in [-0.2, -0.15) is 0 Å². The van der Waals surface area contributed by atoms with Gasteiger partial charge >= 0.3 is 11.4 Å². The van der Waals surface area contributed by atoms with Crippen molar-refractivity contribution in [2.24, 2.45) is 0 Å². The molecule has 0 spiro atoms. The van der Waals surface area contributed by atoms with Gasteiger partial charge in [-0.15, -0.1) is 5.73 Å². The molecule has 4 rings (SSSR count). The summed E-state index contributed by atoms with van der Waals surface area (Å²) < 4.78 is 13.0. The molecule has 4 aromatic rings. The molecule has 0 amide bonds. The van der Waals surface area contributed by atoms with Crippen LogP contribution in [0.15, 0.2) is 97.7 Å². The Morgan fingerprint density at radius 1 is 0.718 bits per heavy atom. The summed E-state index contributed by atoms with van der Waals surface area (Å²) in [4.78, 5) is 56.8. The highest BCUT2D eigenvalue weighted by Crippen LogP contribution is 2.14. The smallest absolute Gasteiger partial charge is 0.335 e. The molecule has 0 saturated carbocycles. The third-order valence-electron chi connectivity index (χ3n) is 5.49. The van der Waals surface area contributed by atoms with E-state index in [-0.39, 0.29) is 36.1 Å². The van der Waals surface area contributed by atoms with E-state index in [1.807, 2.05) is 0 Å². The standard InChI is InChI=1S/C29H26N4O6/c1-3-38-24-22(26(34)32(28(36)30-24)20-14-8-5-9-15-20)18-12-7-13-19-23-25(39-4-2)31-29(37)33(27(23)35)21-16-10-6-11-17-21/h5-12,14-19H,3-4H2,1-2H3,(H,30,36)(H,31,37). The van der Waals surface area contributed by atoms with Gasteiger partial charge in [0.1, 0.15) is 11.1 Å². The summed E-state index contributed by atoms with van der Waals surface area (Å²) >= 11 is 0. The van der Waals surface area contributed by atoms with E-state index in [1.165, 1.54) is 24.3 Å². The fourth-order valence-electron chi connectivity index (χ4n) is 3.81. The third-order valence-corrected chi connectivity index (χ3v) is 5.49. The highest BCUT2D eigenvalue weighted by Gasteiger charge is 2.15. The Bertz CT molecular complexity index is 1790. The molecular weight excluding hydrogens is 500 g/mol. The van der Waals surface area contributed by atoms with Gasteiger partial charge in [-0.1, -0.05) is 42.5 Å². The van der Waals surface area contributed by atoms with Gasteiger partial charge in [-0.3, -0.25) is 19.6 Å². The first-order valence-corrected chi connectivity index (χ1v) is 12.2. The zero-order chi connectivity index (χ0) is 27.8. The maximum atomic E-state index is 13.2. The van der Waals surface area contributed by atoms with Gasteiger partial charge in [0.2, 0.25) is 11.8 Å². The van der Waals surface area contributed by atoms with Gasteiger partial charge < -0.3 is 9.47 Å². The number of hydrogen-bond donors (Lipinski definition) is 2. The fourth-order valence-corrected chi connectivity index (χ4v) is 3.81. The number of para-hydroxylation sites is 2. The number of hydrogen-bond acceptors (Lipinski definition) is 6. The van der Waals surface area contributed by atoms with E-state index in [1.54, 1.807) is 74.5 Å². The summed E-state index contributed by atoms with van der Waals surface area (Å²) in [6.07, 6.45) is 5.85. The molecule has 39 heavy (non-hydrogen) atoms. The summed E-state index contributed by atoms with van der Waals surface area (Å²) in [5, 5.41) is 0. The molecule has 0 atom stereocenters. The molecular formula is C29H26N4O6. The van der Waals surface area contributed by atoms with Crippen molar-refractivity contribution in [3.8, 4) is 23.1 Å². The molecule has 0 saturated heterocycles. The van der Waals surface area contributed by atoms with Crippen LogP contribution in [0.2, 0.25) is 0 Å². The maximum absolute atomic E-state index is 13.2. The van der Waals surface area contributed by atoms with Crippen molar-refractivity contribution in [2.75, 3.05) is 13.2 Å². The predicted octanol–water partition coefficient (Wildman–Crippen LogP) is 3.04. The van der Waals surface area contributed by atoms with Crippen LogP contribution in [-0.2, 0) is 0 Å². The van der Waals surface area contributed by atoms with Crippen LogP contribution in [0.1, 0.15) is 25.0 Å². The molecule has 0 bridgehead atoms. The molecule has 0 unspecified atom stereocenters. The Morgan fingerprint density at radius 2 is 1.18 bits per heavy atom. The zero-order valence-corrected chi connectivity index (χ0v) is 21.3. The lowest BCUT2D eigenvalue weighted by Crippen LogP contribution is -2.35. The van der Waals surface area contributed by atoms with Crippen molar-refractivity contribution in [1.82, 2.24) is 19.1 Å². The third kappa shape index (κ3) is 5.82. The summed E-state index contributed by atoms with van der Waals surface area (Å²) in [6, 6.07) is 17.0. The average Bonchev–Trinajstić information content (AvgIpc) is 2.93. The van der Waals surface area contributed by atoms with E-state index < -0.39 is 22.5 Å². The van der Waals surface area contributed by atoms with Gasteiger partial charge in [0.15, 0.2) is 0 Å². The van der Waals surface area contributed by atoms with Gasteiger partial charge in [-0.05, 0) is 56.3 Å². The number of ether oxygens (including phenoxy) is 2. The maximum Gasteiger partial charge on any atom is 0.335 e. The van der Waals surface area contributed by atoms with Crippen molar-refractivity contribution in [3.63, 3.8) is 0 Å². The second-order valence-electron chi connectivity index (χ2n) is 8.00. The van der Waals surface area contributed by atoms with E-state index in [2.05, 4.69) is 15.7 Å². The van der Waals surface area contributed by atoms with Crippen molar-refractivity contribution >= 4 is 12.2 Å². The molecule has 2 aromatic heterocycles. The molecule has 2 N–H and O–H groups in total. The molecule has 2 heterocycles. The number of nitrogens with zero attached hydrogens (tertiary/aromatic N) is 2. The van der Waals surface area contributed by atoms with Crippen LogP contribution in [0.25, 0.3) is 23.5 Å². The van der Waals surface area contributed by atoms with Crippen LogP contribution in [0.3, 0.4) is 0 Å². The average molecular weight is 527 g/mol. The largest absolute Gasteiger partial charge is 0.479 e. The van der Waals surface area contributed by atoms with Crippen LogP contribution in [0.4, 0.5) is 0 Å². The number of benzene rings is 2. The topological polar surface area (TPSA) is 128 Å². The highest BCUT2D eigenvalue weighted by molar-refractivity contribution is 5.58. The SMILES string of the molecule is CCOc1[nH]c(=O)n(-c2ccccc2)c(=O)c1C=C=CC=Cc1c(OCC)[nH]c(=O)n(-c2ccccc2)c1=O. The first-order chi connectivity index (χ1) is 19.0. The Labute approximate surface area is 222 Å². The number of H-pyrrole nitrogens is 2. The molecule has 0 fully saturated rings. The minimum Gasteiger partial charge on any atom is -0.479 e. The van der Waals surface area contributed by atoms with Crippen LogP contribution < -0.4 is 32.0 Å². The monoisotopic (exact) mass is 526 g/mol. The minimum atomic E-state index is -0.633. The van der Waals surface area contributed by atoms with Crippen LogP contribution in [0, 0.1) is 0 Å². The van der Waals surface area contributed by atoms with Gasteiger partial charge in [0.25, 0.3) is 11.1 Å². The second-order valence-corrected chi connectivity index (χ2v) is 8.00. The molecule has 10 heteroatoms. The summed E-state index contributed by atoms with van der Waals surface area (Å²) in [7, 11) is 0. The van der Waals surface area contributed by atoms with Crippen molar-refractivity contribution in [3.05, 3.63) is 131 Å². The summed E-state index contributed by atoms with van der Waals surface area (Å²) in [5.41, 5.74) is 1.50. The van der Waals surface area contributed by atoms with Crippen molar-refractivity contribution in [2.45, 2.75) is 13.8 Å². The minimum absolute atomic E-state index is 0.0228. The van der Waals surface area contributed by atoms with E-state index >= 15 is 0 Å². The van der Waals surface area contributed by atoms with E-state index in [0.717, 1.165) is 9.13 Å². The zero-order valence-electron chi connectivity index (χ0n) is 21.3. The highest BCUT2D eigenvalue weighted by atomic mass is 16.5. The Morgan fingerprint density at radius 3 is 1.67 bits per heavy atom. The molecule has 0 radical (unpaired) electrons. The lowest BCUT2D eigenvalue weighted by molar-refractivity contribution is 0.322. The molecule has 0 aliphatic carbocycles. The van der Waals surface area contributed by atoms with Gasteiger partial charge in [0, 0.05) is 0 Å². The van der Waals surface area contributed by atoms with Crippen molar-refractivity contribution in [1.29, 1.82) is 0 Å². The number of aromatic amines is 2. The number of aromatic nitrogens is 4. The first-order valence-electron chi connectivity index (χ1n) is 12.2. The van der Waals surface area contributed by atoms with Gasteiger partial charge in [-0.25, -0.2) is 18.7 Å². The van der Waals surface area contributed by atoms with E-state index in [9.17, 15) is 19.2 Å². The molecule has 0 aliphatic heterocycles. The lowest BCUT2D eigenvalue weighted by atomic mass is 10.2. The number of nitrogens with one attached hydrogen (secondary N) is 2. The van der Waals surface area contributed by atoms with Crippen LogP contribution in [0.5, 0.6) is 11.8 Å². The van der Waals surface area contributed by atoms with E-state index in [0.29, 0.717) is 11.4 Å². The fraction of sp³-hybridized carbons (Fsp3) is 0.138. The summed E-state index contributed by atoms with van der Waals surface area (Å²) in [6.45, 7) is 3.94. The van der Waals surface area contributed by atoms with Crippen LogP contribution >= 0.6 is 0 Å². The Hall–Kier alpha value is -5.34. The Balaban J connectivity index is 1.76. The lowest BCUT2D eigenvalue weighted by Gasteiger charge is -2.10. The van der Waals surface area contributed by atoms with Gasteiger partial charge in [0.05, 0.1) is 24.6 Å². The van der Waals surface area contributed by atoms with Crippen LogP contribution in [-0.4, -0.2) is 32.3 Å². The molecule has 2 aromatic carbocycles. The first kappa shape index (κ1) is 26.7. The predicted molar refractivity (Wildman–Crippen MR) is 149 cm³/mol. The number of rotatable bonds is 9. The quantitative estimate of drug-likeness (QED) is 0.255. The molecule has 10 nitrogen and oxygen atoms in total. The molecule has 0 aliphatic rings. The normalized spacial score (nSPS) is 10.7. The van der Waals surface area contributed by atoms with E-state index in [4.69, 9.17) is 9.47 Å². The van der Waals surface area contributed by atoms with Crippen molar-refractivity contribution < 1.29 is 9.47 Å². The number of allylic oxidation sites excluding steroid dienone is 2. The second kappa shape index (κ2) is 12.3. The molecule has 198 valence electrons. The Kier molecular flexibility index (Phi) is 8.40. The summed E-state index contributed by atoms with van der Waals surface area (Å²) in [5.74, 6) is 0.0629.